The van der Waals surface area contributed by atoms with Crippen LogP contribution in [0.3, 0.4) is 0 Å². The molecule has 2 atom stereocenters. The highest BCUT2D eigenvalue weighted by atomic mass is 16.7. The lowest BCUT2D eigenvalue weighted by Crippen LogP contribution is -2.32. The Morgan fingerprint density at radius 1 is 1.13 bits per heavy atom. The van der Waals surface area contributed by atoms with Crippen molar-refractivity contribution in [2.75, 3.05) is 5.06 Å². The Morgan fingerprint density at radius 3 is 2.32 bits per heavy atom. The number of nitro groups is 1. The summed E-state index contributed by atoms with van der Waals surface area (Å²) in [5.74, 6) is -0.480. The summed E-state index contributed by atoms with van der Waals surface area (Å²) < 4.78 is 0. The van der Waals surface area contributed by atoms with E-state index >= 15 is 0 Å². The van der Waals surface area contributed by atoms with Gasteiger partial charge in [0.2, 0.25) is 0 Å². The Bertz CT molecular complexity index is 1070. The van der Waals surface area contributed by atoms with Gasteiger partial charge in [-0.1, -0.05) is 39.0 Å². The number of hydrogen-bond donors (Lipinski definition) is 0. The van der Waals surface area contributed by atoms with Crippen LogP contribution in [0.2, 0.25) is 0 Å². The molecule has 7 heteroatoms. The third kappa shape index (κ3) is 3.30. The number of non-ortho nitro benzene ring substituents is 1. The molecule has 0 spiro atoms. The molecular weight excluding hydrogens is 396 g/mol. The standard InChI is InChI=1S/C24H24N2O5/c1-23(2)20-13-14-24(23,3)21(27)19(20)15-25(17-7-5-4-6-8-17)31-22(28)16-9-11-18(12-10-16)26(29)30/h4-12,15,20H,13-14H2,1-3H3/b19-15-. The number of allylic oxidation sites excluding steroid dienone is 1. The number of benzene rings is 2. The fourth-order valence-corrected chi connectivity index (χ4v) is 4.79. The number of fused-ring (bicyclic) bond motifs is 2. The number of ketones is 1. The van der Waals surface area contributed by atoms with Gasteiger partial charge < -0.3 is 4.84 Å². The highest BCUT2D eigenvalue weighted by Gasteiger charge is 2.64. The number of hydroxylamine groups is 1. The minimum atomic E-state index is -0.670. The van der Waals surface area contributed by atoms with E-state index in [1.807, 2.05) is 25.1 Å². The Labute approximate surface area is 180 Å². The van der Waals surface area contributed by atoms with Crippen molar-refractivity contribution in [3.8, 4) is 0 Å². The SMILES string of the molecule is CC12CCC(/C(=C/N(OC(=O)c3ccc([N+](=O)[O-])cc3)c3ccccc3)C1=O)C2(C)C. The van der Waals surface area contributed by atoms with Gasteiger partial charge in [-0.15, -0.1) is 0 Å². The molecule has 160 valence electrons. The van der Waals surface area contributed by atoms with Crippen LogP contribution < -0.4 is 5.06 Å². The third-order valence-corrected chi connectivity index (χ3v) is 7.13. The van der Waals surface area contributed by atoms with Gasteiger partial charge in [0.25, 0.3) is 5.69 Å². The lowest BCUT2D eigenvalue weighted by atomic mass is 9.70. The number of nitrogens with zero attached hydrogens (tertiary/aromatic N) is 2. The van der Waals surface area contributed by atoms with Crippen molar-refractivity contribution >= 4 is 23.1 Å². The fraction of sp³-hybridized carbons (Fsp3) is 0.333. The normalized spacial score (nSPS) is 24.9. The Morgan fingerprint density at radius 2 is 1.77 bits per heavy atom. The molecule has 0 aromatic heterocycles. The van der Waals surface area contributed by atoms with Gasteiger partial charge in [-0.05, 0) is 48.4 Å². The average molecular weight is 420 g/mol. The van der Waals surface area contributed by atoms with E-state index in [0.29, 0.717) is 11.3 Å². The van der Waals surface area contributed by atoms with E-state index in [9.17, 15) is 19.7 Å². The second-order valence-corrected chi connectivity index (χ2v) is 8.90. The zero-order chi connectivity index (χ0) is 22.4. The third-order valence-electron chi connectivity index (χ3n) is 7.13. The average Bonchev–Trinajstić information content (AvgIpc) is 3.07. The fourth-order valence-electron chi connectivity index (χ4n) is 4.79. The van der Waals surface area contributed by atoms with E-state index in [1.165, 1.54) is 29.3 Å². The molecule has 0 heterocycles. The minimum Gasteiger partial charge on any atom is -0.331 e. The summed E-state index contributed by atoms with van der Waals surface area (Å²) in [6, 6.07) is 14.3. The van der Waals surface area contributed by atoms with E-state index in [1.54, 1.807) is 18.3 Å². The summed E-state index contributed by atoms with van der Waals surface area (Å²) in [5.41, 5.74) is 0.746. The van der Waals surface area contributed by atoms with Crippen LogP contribution in [0.4, 0.5) is 11.4 Å². The molecule has 0 radical (unpaired) electrons. The molecular formula is C24H24N2O5. The smallest absolute Gasteiger partial charge is 0.331 e. The van der Waals surface area contributed by atoms with E-state index in [4.69, 9.17) is 4.84 Å². The molecule has 0 amide bonds. The summed E-state index contributed by atoms with van der Waals surface area (Å²) >= 11 is 0. The number of nitro benzene ring substituents is 1. The Balaban J connectivity index is 1.67. The zero-order valence-corrected chi connectivity index (χ0v) is 17.7. The summed E-state index contributed by atoms with van der Waals surface area (Å²) in [7, 11) is 0. The summed E-state index contributed by atoms with van der Waals surface area (Å²) in [5, 5.41) is 12.2. The predicted molar refractivity (Wildman–Crippen MR) is 115 cm³/mol. The maximum atomic E-state index is 13.2. The lowest BCUT2D eigenvalue weighted by molar-refractivity contribution is -0.384. The van der Waals surface area contributed by atoms with Crippen LogP contribution in [0.1, 0.15) is 44.0 Å². The molecule has 2 unspecified atom stereocenters. The van der Waals surface area contributed by atoms with Gasteiger partial charge in [0.1, 0.15) is 0 Å². The van der Waals surface area contributed by atoms with Gasteiger partial charge >= 0.3 is 5.97 Å². The van der Waals surface area contributed by atoms with E-state index in [0.717, 1.165) is 12.8 Å². The van der Waals surface area contributed by atoms with Gasteiger partial charge in [-0.25, -0.2) is 4.79 Å². The van der Waals surface area contributed by atoms with Gasteiger partial charge in [0.15, 0.2) is 5.78 Å². The predicted octanol–water partition coefficient (Wildman–Crippen LogP) is 5.08. The van der Waals surface area contributed by atoms with Crippen molar-refractivity contribution < 1.29 is 19.3 Å². The number of para-hydroxylation sites is 1. The van der Waals surface area contributed by atoms with Crippen molar-refractivity contribution in [2.45, 2.75) is 33.6 Å². The molecule has 2 aliphatic rings. The summed E-state index contributed by atoms with van der Waals surface area (Å²) in [6.45, 7) is 6.27. The van der Waals surface area contributed by atoms with Crippen molar-refractivity contribution in [1.29, 1.82) is 0 Å². The Kier molecular flexibility index (Phi) is 4.92. The first-order valence-corrected chi connectivity index (χ1v) is 10.2. The highest BCUT2D eigenvalue weighted by Crippen LogP contribution is 2.65. The zero-order valence-electron chi connectivity index (χ0n) is 17.7. The highest BCUT2D eigenvalue weighted by molar-refractivity contribution is 6.05. The van der Waals surface area contributed by atoms with E-state index in [2.05, 4.69) is 13.8 Å². The lowest BCUT2D eigenvalue weighted by Gasteiger charge is -2.31. The van der Waals surface area contributed by atoms with Crippen molar-refractivity contribution in [3.05, 3.63) is 82.0 Å². The summed E-state index contributed by atoms with van der Waals surface area (Å²) in [4.78, 5) is 42.0. The Hall–Kier alpha value is -3.48. The molecule has 2 aromatic rings. The summed E-state index contributed by atoms with van der Waals surface area (Å²) in [6.07, 6.45) is 3.41. The number of hydrogen-bond acceptors (Lipinski definition) is 6. The van der Waals surface area contributed by atoms with Crippen LogP contribution in [-0.4, -0.2) is 16.7 Å². The number of rotatable bonds is 5. The molecule has 7 nitrogen and oxygen atoms in total. The molecule has 0 saturated heterocycles. The first kappa shape index (κ1) is 20.8. The molecule has 0 N–H and O–H groups in total. The molecule has 2 fully saturated rings. The van der Waals surface area contributed by atoms with Crippen molar-refractivity contribution in [1.82, 2.24) is 0 Å². The van der Waals surface area contributed by atoms with Crippen LogP contribution in [0.5, 0.6) is 0 Å². The monoisotopic (exact) mass is 420 g/mol. The second-order valence-electron chi connectivity index (χ2n) is 8.90. The number of anilines is 1. The van der Waals surface area contributed by atoms with Crippen LogP contribution in [-0.2, 0) is 9.63 Å². The van der Waals surface area contributed by atoms with Crippen molar-refractivity contribution in [2.24, 2.45) is 16.7 Å². The first-order valence-electron chi connectivity index (χ1n) is 10.2. The van der Waals surface area contributed by atoms with E-state index < -0.39 is 16.3 Å². The first-order chi connectivity index (χ1) is 14.6. The molecule has 2 saturated carbocycles. The minimum absolute atomic E-state index is 0.0919. The molecule has 4 rings (SSSR count). The van der Waals surface area contributed by atoms with Gasteiger partial charge in [-0.2, -0.15) is 5.06 Å². The van der Waals surface area contributed by atoms with Crippen LogP contribution in [0.15, 0.2) is 66.4 Å². The van der Waals surface area contributed by atoms with Crippen LogP contribution in [0.25, 0.3) is 0 Å². The second kappa shape index (κ2) is 7.34. The van der Waals surface area contributed by atoms with Gasteiger partial charge in [0, 0.05) is 23.1 Å². The van der Waals surface area contributed by atoms with Gasteiger partial charge in [0.05, 0.1) is 22.4 Å². The van der Waals surface area contributed by atoms with Crippen LogP contribution >= 0.6 is 0 Å². The maximum absolute atomic E-state index is 13.2. The number of carbonyl (C=O) groups excluding carboxylic acids is 2. The largest absolute Gasteiger partial charge is 0.363 e. The van der Waals surface area contributed by atoms with Crippen molar-refractivity contribution in [3.63, 3.8) is 0 Å². The topological polar surface area (TPSA) is 89.8 Å². The molecule has 2 bridgehead atoms. The number of carbonyl (C=O) groups is 2. The van der Waals surface area contributed by atoms with E-state index in [-0.39, 0.29) is 28.4 Å². The van der Waals surface area contributed by atoms with Crippen LogP contribution in [0, 0.1) is 26.9 Å². The number of Topliss-reactive ketones (excluding diaryl/α,β-unsaturated/α-hetero) is 1. The molecule has 0 aliphatic heterocycles. The quantitative estimate of drug-likeness (QED) is 0.381. The molecule has 2 aromatic carbocycles. The van der Waals surface area contributed by atoms with Gasteiger partial charge in [-0.3, -0.25) is 14.9 Å². The maximum Gasteiger partial charge on any atom is 0.363 e. The molecule has 2 aliphatic carbocycles. The molecule has 31 heavy (non-hydrogen) atoms.